The van der Waals surface area contributed by atoms with Gasteiger partial charge in [0.05, 0.1) is 12.2 Å². The summed E-state index contributed by atoms with van der Waals surface area (Å²) < 4.78 is 4.06. The molecule has 0 bridgehead atoms. The van der Waals surface area contributed by atoms with Crippen molar-refractivity contribution in [1.29, 1.82) is 0 Å². The van der Waals surface area contributed by atoms with Crippen molar-refractivity contribution in [3.8, 4) is 0 Å². The van der Waals surface area contributed by atoms with Crippen molar-refractivity contribution in [3.63, 3.8) is 0 Å². The van der Waals surface area contributed by atoms with Gasteiger partial charge in [-0.25, -0.2) is 4.98 Å². The highest BCUT2D eigenvalue weighted by atomic mass is 15.3. The molecule has 2 rings (SSSR count). The lowest BCUT2D eigenvalue weighted by molar-refractivity contribution is 0.523. The van der Waals surface area contributed by atoms with Crippen LogP contribution < -0.4 is 0 Å². The second-order valence-corrected chi connectivity index (χ2v) is 3.98. The SMILES string of the molecule is Cc1nccn1Cc1ccn(C(C)C)n1. The van der Waals surface area contributed by atoms with Gasteiger partial charge in [-0.05, 0) is 26.8 Å². The number of aryl methyl sites for hydroxylation is 1. The maximum atomic E-state index is 4.49. The van der Waals surface area contributed by atoms with Crippen molar-refractivity contribution in [2.45, 2.75) is 33.4 Å². The van der Waals surface area contributed by atoms with E-state index in [4.69, 9.17) is 0 Å². The minimum Gasteiger partial charge on any atom is -0.329 e. The highest BCUT2D eigenvalue weighted by Crippen LogP contribution is 2.06. The molecular weight excluding hydrogens is 188 g/mol. The summed E-state index contributed by atoms with van der Waals surface area (Å²) in [5.41, 5.74) is 1.07. The summed E-state index contributed by atoms with van der Waals surface area (Å²) in [5.74, 6) is 1.02. The fourth-order valence-electron chi connectivity index (χ4n) is 1.49. The minimum absolute atomic E-state index is 0.419. The number of rotatable bonds is 3. The molecule has 0 aliphatic rings. The first kappa shape index (κ1) is 9.96. The average Bonchev–Trinajstić information content (AvgIpc) is 2.77. The molecule has 4 heteroatoms. The predicted octanol–water partition coefficient (Wildman–Crippen LogP) is 2.02. The van der Waals surface area contributed by atoms with Crippen molar-refractivity contribution < 1.29 is 0 Å². The van der Waals surface area contributed by atoms with E-state index in [2.05, 4.69) is 34.6 Å². The van der Waals surface area contributed by atoms with Gasteiger partial charge < -0.3 is 4.57 Å². The first-order valence-electron chi connectivity index (χ1n) is 5.18. The molecule has 0 atom stereocenters. The molecule has 0 spiro atoms. The summed E-state index contributed by atoms with van der Waals surface area (Å²) in [5, 5.41) is 4.49. The van der Waals surface area contributed by atoms with Gasteiger partial charge in [0.25, 0.3) is 0 Å². The quantitative estimate of drug-likeness (QED) is 0.766. The maximum Gasteiger partial charge on any atom is 0.105 e. The normalized spacial score (nSPS) is 11.2. The van der Waals surface area contributed by atoms with Crippen LogP contribution in [0.3, 0.4) is 0 Å². The molecule has 0 amide bonds. The van der Waals surface area contributed by atoms with E-state index in [9.17, 15) is 0 Å². The lowest BCUT2D eigenvalue weighted by Crippen LogP contribution is -2.05. The molecule has 0 saturated carbocycles. The Labute approximate surface area is 89.6 Å². The molecule has 80 valence electrons. The Bertz CT molecular complexity index is 439. The fraction of sp³-hybridized carbons (Fsp3) is 0.455. The Morgan fingerprint density at radius 3 is 2.67 bits per heavy atom. The third-order valence-electron chi connectivity index (χ3n) is 2.45. The molecule has 0 fully saturated rings. The summed E-state index contributed by atoms with van der Waals surface area (Å²) in [7, 11) is 0. The topological polar surface area (TPSA) is 35.6 Å². The number of hydrogen-bond acceptors (Lipinski definition) is 2. The van der Waals surface area contributed by atoms with Gasteiger partial charge in [0.2, 0.25) is 0 Å². The highest BCUT2D eigenvalue weighted by molar-refractivity contribution is 5.03. The fourth-order valence-corrected chi connectivity index (χ4v) is 1.49. The average molecular weight is 204 g/mol. The van der Waals surface area contributed by atoms with E-state index in [0.717, 1.165) is 18.1 Å². The van der Waals surface area contributed by atoms with Gasteiger partial charge in [-0.15, -0.1) is 0 Å². The first-order valence-corrected chi connectivity index (χ1v) is 5.18. The van der Waals surface area contributed by atoms with Crippen LogP contribution in [-0.2, 0) is 6.54 Å². The van der Waals surface area contributed by atoms with Crippen molar-refractivity contribution in [2.75, 3.05) is 0 Å². The van der Waals surface area contributed by atoms with E-state index in [1.807, 2.05) is 30.2 Å². The Kier molecular flexibility index (Phi) is 2.58. The van der Waals surface area contributed by atoms with E-state index < -0.39 is 0 Å². The largest absolute Gasteiger partial charge is 0.329 e. The molecule has 2 heterocycles. The Morgan fingerprint density at radius 1 is 1.33 bits per heavy atom. The third-order valence-corrected chi connectivity index (χ3v) is 2.45. The molecule has 2 aromatic heterocycles. The summed E-state index contributed by atoms with van der Waals surface area (Å²) >= 11 is 0. The Balaban J connectivity index is 2.15. The number of aromatic nitrogens is 4. The highest BCUT2D eigenvalue weighted by Gasteiger charge is 2.03. The number of nitrogens with zero attached hydrogens (tertiary/aromatic N) is 4. The van der Waals surface area contributed by atoms with E-state index >= 15 is 0 Å². The second kappa shape index (κ2) is 3.88. The predicted molar refractivity (Wildman–Crippen MR) is 58.7 cm³/mol. The zero-order chi connectivity index (χ0) is 10.8. The summed E-state index contributed by atoms with van der Waals surface area (Å²) in [6.07, 6.45) is 5.81. The zero-order valence-electron chi connectivity index (χ0n) is 9.38. The molecule has 0 aliphatic carbocycles. The van der Waals surface area contributed by atoms with Crippen molar-refractivity contribution >= 4 is 0 Å². The van der Waals surface area contributed by atoms with Gasteiger partial charge in [0.1, 0.15) is 5.82 Å². The van der Waals surface area contributed by atoms with Crippen LogP contribution in [0.4, 0.5) is 0 Å². The van der Waals surface area contributed by atoms with Crippen LogP contribution in [0.2, 0.25) is 0 Å². The van der Waals surface area contributed by atoms with Crippen LogP contribution in [0, 0.1) is 6.92 Å². The van der Waals surface area contributed by atoms with E-state index in [1.54, 1.807) is 0 Å². The molecule has 2 aromatic rings. The van der Waals surface area contributed by atoms with Gasteiger partial charge in [-0.2, -0.15) is 5.10 Å². The number of hydrogen-bond donors (Lipinski definition) is 0. The van der Waals surface area contributed by atoms with Crippen LogP contribution in [0.25, 0.3) is 0 Å². The van der Waals surface area contributed by atoms with Crippen LogP contribution in [-0.4, -0.2) is 19.3 Å². The van der Waals surface area contributed by atoms with Gasteiger partial charge in [-0.1, -0.05) is 0 Å². The molecule has 0 aliphatic heterocycles. The van der Waals surface area contributed by atoms with Crippen molar-refractivity contribution in [3.05, 3.63) is 36.2 Å². The molecule has 0 unspecified atom stereocenters. The Hall–Kier alpha value is -1.58. The van der Waals surface area contributed by atoms with E-state index in [1.165, 1.54) is 0 Å². The molecule has 0 radical (unpaired) electrons. The van der Waals surface area contributed by atoms with Crippen LogP contribution in [0.15, 0.2) is 24.7 Å². The number of imidazole rings is 1. The lowest BCUT2D eigenvalue weighted by Gasteiger charge is -2.04. The van der Waals surface area contributed by atoms with Crippen molar-refractivity contribution in [1.82, 2.24) is 19.3 Å². The molecule has 15 heavy (non-hydrogen) atoms. The zero-order valence-corrected chi connectivity index (χ0v) is 9.38. The molecule has 0 saturated heterocycles. The van der Waals surface area contributed by atoms with Gasteiger partial charge >= 0.3 is 0 Å². The first-order chi connectivity index (χ1) is 7.16. The smallest absolute Gasteiger partial charge is 0.105 e. The van der Waals surface area contributed by atoms with Crippen LogP contribution in [0.1, 0.15) is 31.4 Å². The molecule has 4 nitrogen and oxygen atoms in total. The maximum absolute atomic E-state index is 4.49. The summed E-state index contributed by atoms with van der Waals surface area (Å²) in [4.78, 5) is 4.18. The van der Waals surface area contributed by atoms with E-state index in [0.29, 0.717) is 6.04 Å². The minimum atomic E-state index is 0.419. The van der Waals surface area contributed by atoms with Gasteiger partial charge in [0, 0.05) is 24.6 Å². The van der Waals surface area contributed by atoms with Crippen LogP contribution in [0.5, 0.6) is 0 Å². The standard InChI is InChI=1S/C11H16N4/c1-9(2)15-6-4-11(13-15)8-14-7-5-12-10(14)3/h4-7,9H,8H2,1-3H3. The van der Waals surface area contributed by atoms with Crippen molar-refractivity contribution in [2.24, 2.45) is 0 Å². The monoisotopic (exact) mass is 204 g/mol. The molecular formula is C11H16N4. The molecule has 0 aromatic carbocycles. The second-order valence-electron chi connectivity index (χ2n) is 3.98. The summed E-state index contributed by atoms with van der Waals surface area (Å²) in [6, 6.07) is 2.47. The van der Waals surface area contributed by atoms with Crippen LogP contribution >= 0.6 is 0 Å². The van der Waals surface area contributed by atoms with Gasteiger partial charge in [-0.3, -0.25) is 4.68 Å². The summed E-state index contributed by atoms with van der Waals surface area (Å²) in [6.45, 7) is 7.05. The Morgan fingerprint density at radius 2 is 2.13 bits per heavy atom. The third kappa shape index (κ3) is 2.09. The lowest BCUT2D eigenvalue weighted by atomic mass is 10.4. The van der Waals surface area contributed by atoms with Gasteiger partial charge in [0.15, 0.2) is 0 Å². The molecule has 0 N–H and O–H groups in total. The van der Waals surface area contributed by atoms with E-state index in [-0.39, 0.29) is 0 Å².